The van der Waals surface area contributed by atoms with E-state index >= 15 is 0 Å². The van der Waals surface area contributed by atoms with Crippen LogP contribution in [0.15, 0.2) is 28.9 Å². The van der Waals surface area contributed by atoms with Crippen molar-refractivity contribution in [1.82, 2.24) is 9.78 Å². The van der Waals surface area contributed by atoms with Crippen LogP contribution in [0.2, 0.25) is 0 Å². The van der Waals surface area contributed by atoms with Gasteiger partial charge in [-0.15, -0.1) is 0 Å². The van der Waals surface area contributed by atoms with E-state index in [1.54, 1.807) is 29.9 Å². The third-order valence-corrected chi connectivity index (χ3v) is 3.60. The number of esters is 1. The second-order valence-corrected chi connectivity index (χ2v) is 5.42. The largest absolute Gasteiger partial charge is 0.462 e. The summed E-state index contributed by atoms with van der Waals surface area (Å²) in [6.07, 6.45) is 2.35. The number of carbonyl (C=O) groups excluding carboxylic acids is 1. The fraction of sp³-hybridized carbons (Fsp3) is 0.286. The molecule has 2 aromatic rings. The van der Waals surface area contributed by atoms with Gasteiger partial charge < -0.3 is 10.5 Å². The minimum atomic E-state index is -0.363. The predicted molar refractivity (Wildman–Crippen MR) is 80.5 cm³/mol. The van der Waals surface area contributed by atoms with Crippen LogP contribution in [0.5, 0.6) is 0 Å². The smallest absolute Gasteiger partial charge is 0.338 e. The van der Waals surface area contributed by atoms with Gasteiger partial charge in [-0.2, -0.15) is 5.10 Å². The molecule has 0 radical (unpaired) electrons. The second-order valence-electron chi connectivity index (χ2n) is 4.50. The highest BCUT2D eigenvalue weighted by atomic mass is 79.9. The summed E-state index contributed by atoms with van der Waals surface area (Å²) in [4.78, 5) is 12.1. The maximum absolute atomic E-state index is 12.1. The molecule has 0 bridgehead atoms. The van der Waals surface area contributed by atoms with Crippen molar-refractivity contribution in [2.24, 2.45) is 7.05 Å². The highest BCUT2D eigenvalue weighted by Gasteiger charge is 2.13. The van der Waals surface area contributed by atoms with Gasteiger partial charge in [-0.3, -0.25) is 4.68 Å². The lowest BCUT2D eigenvalue weighted by atomic mass is 10.1. The van der Waals surface area contributed by atoms with Gasteiger partial charge in [0.2, 0.25) is 0 Å². The summed E-state index contributed by atoms with van der Waals surface area (Å²) in [7, 11) is 1.86. The number of aryl methyl sites for hydroxylation is 1. The Kier molecular flexibility index (Phi) is 4.44. The third-order valence-electron chi connectivity index (χ3n) is 3.15. The first-order valence-corrected chi connectivity index (χ1v) is 6.98. The Morgan fingerprint density at radius 3 is 2.90 bits per heavy atom. The van der Waals surface area contributed by atoms with Gasteiger partial charge in [-0.25, -0.2) is 4.79 Å². The zero-order valence-corrected chi connectivity index (χ0v) is 13.0. The first-order chi connectivity index (χ1) is 9.49. The second kappa shape index (κ2) is 6.09. The van der Waals surface area contributed by atoms with E-state index in [0.717, 1.165) is 15.7 Å². The first-order valence-electron chi connectivity index (χ1n) is 6.18. The number of hydrogen-bond donors (Lipinski definition) is 1. The Morgan fingerprint density at radius 2 is 2.25 bits per heavy atom. The average molecular weight is 338 g/mol. The zero-order chi connectivity index (χ0) is 14.7. The van der Waals surface area contributed by atoms with Crippen molar-refractivity contribution in [3.05, 3.63) is 45.7 Å². The normalized spacial score (nSPS) is 10.6. The molecular weight excluding hydrogens is 322 g/mol. The van der Waals surface area contributed by atoms with E-state index < -0.39 is 0 Å². The van der Waals surface area contributed by atoms with Gasteiger partial charge in [0.15, 0.2) is 0 Å². The quantitative estimate of drug-likeness (QED) is 0.687. The summed E-state index contributed by atoms with van der Waals surface area (Å²) < 4.78 is 7.81. The van der Waals surface area contributed by atoms with Crippen LogP contribution in [0.3, 0.4) is 0 Å². The highest BCUT2D eigenvalue weighted by Crippen LogP contribution is 2.23. The van der Waals surface area contributed by atoms with Crippen LogP contribution < -0.4 is 5.73 Å². The molecule has 1 aromatic carbocycles. The summed E-state index contributed by atoms with van der Waals surface area (Å²) in [5.74, 6) is -0.363. The van der Waals surface area contributed by atoms with Gasteiger partial charge in [0, 0.05) is 35.5 Å². The van der Waals surface area contributed by atoms with Gasteiger partial charge in [0.05, 0.1) is 12.2 Å². The van der Waals surface area contributed by atoms with Crippen LogP contribution in [-0.2, 0) is 18.2 Å². The van der Waals surface area contributed by atoms with E-state index in [9.17, 15) is 4.79 Å². The molecule has 0 amide bonds. The van der Waals surface area contributed by atoms with Crippen LogP contribution in [0, 0.1) is 6.92 Å². The molecule has 0 aliphatic rings. The third kappa shape index (κ3) is 3.19. The van der Waals surface area contributed by atoms with Crippen LogP contribution >= 0.6 is 15.9 Å². The van der Waals surface area contributed by atoms with Gasteiger partial charge in [-0.05, 0) is 30.7 Å². The molecule has 2 N–H and O–H groups in total. The molecule has 6 heteroatoms. The maximum atomic E-state index is 12.1. The molecule has 0 spiro atoms. The number of ether oxygens (including phenoxy) is 1. The molecule has 0 aliphatic carbocycles. The number of carbonyl (C=O) groups is 1. The van der Waals surface area contributed by atoms with Crippen molar-refractivity contribution in [2.45, 2.75) is 13.3 Å². The zero-order valence-electron chi connectivity index (χ0n) is 11.4. The van der Waals surface area contributed by atoms with Crippen LogP contribution in [0.4, 0.5) is 5.69 Å². The van der Waals surface area contributed by atoms with Gasteiger partial charge in [0.1, 0.15) is 0 Å². The summed E-state index contributed by atoms with van der Waals surface area (Å²) in [5, 5.41) is 4.06. The van der Waals surface area contributed by atoms with E-state index in [4.69, 9.17) is 10.5 Å². The number of benzene rings is 1. The molecule has 2 rings (SSSR count). The van der Waals surface area contributed by atoms with Crippen molar-refractivity contribution < 1.29 is 9.53 Å². The van der Waals surface area contributed by atoms with Crippen molar-refractivity contribution in [2.75, 3.05) is 12.3 Å². The minimum absolute atomic E-state index is 0.310. The molecule has 0 unspecified atom stereocenters. The maximum Gasteiger partial charge on any atom is 0.338 e. The molecule has 0 atom stereocenters. The standard InChI is InChI=1S/C14H16BrN3O2/c1-9-12(7-10(15)8-13(9)16)14(19)20-6-4-11-3-5-17-18(11)2/h3,5,7-8H,4,6,16H2,1-2H3. The molecule has 106 valence electrons. The van der Waals surface area contributed by atoms with Gasteiger partial charge >= 0.3 is 5.97 Å². The van der Waals surface area contributed by atoms with E-state index in [2.05, 4.69) is 21.0 Å². The number of nitrogens with two attached hydrogens (primary N) is 1. The lowest BCUT2D eigenvalue weighted by molar-refractivity contribution is 0.0506. The SMILES string of the molecule is Cc1c(N)cc(Br)cc1C(=O)OCCc1ccnn1C. The summed E-state index contributed by atoms with van der Waals surface area (Å²) in [5.41, 5.74) is 8.64. The highest BCUT2D eigenvalue weighted by molar-refractivity contribution is 9.10. The molecule has 20 heavy (non-hydrogen) atoms. The number of anilines is 1. The fourth-order valence-corrected chi connectivity index (χ4v) is 2.36. The lowest BCUT2D eigenvalue weighted by Crippen LogP contribution is -2.12. The van der Waals surface area contributed by atoms with Crippen molar-refractivity contribution >= 4 is 27.6 Å². The Bertz CT molecular complexity index is 637. The molecule has 1 aromatic heterocycles. The predicted octanol–water partition coefficient (Wildman–Crippen LogP) is 2.47. The topological polar surface area (TPSA) is 70.1 Å². The number of nitrogen functional groups attached to an aromatic ring is 1. The average Bonchev–Trinajstić information content (AvgIpc) is 2.79. The van der Waals surface area contributed by atoms with Crippen molar-refractivity contribution in [3.8, 4) is 0 Å². The lowest BCUT2D eigenvalue weighted by Gasteiger charge is -2.10. The number of nitrogens with zero attached hydrogens (tertiary/aromatic N) is 2. The molecule has 0 fully saturated rings. The minimum Gasteiger partial charge on any atom is -0.462 e. The number of aromatic nitrogens is 2. The summed E-state index contributed by atoms with van der Waals surface area (Å²) >= 11 is 3.33. The van der Waals surface area contributed by atoms with E-state index in [1.807, 2.05) is 13.1 Å². The summed E-state index contributed by atoms with van der Waals surface area (Å²) in [6.45, 7) is 2.11. The van der Waals surface area contributed by atoms with Gasteiger partial charge in [-0.1, -0.05) is 15.9 Å². The molecule has 0 saturated heterocycles. The Balaban J connectivity index is 2.01. The molecular formula is C14H16BrN3O2. The number of hydrogen-bond acceptors (Lipinski definition) is 4. The Hall–Kier alpha value is -1.82. The van der Waals surface area contributed by atoms with Crippen LogP contribution in [-0.4, -0.2) is 22.4 Å². The number of halogens is 1. The van der Waals surface area contributed by atoms with Crippen molar-refractivity contribution in [3.63, 3.8) is 0 Å². The fourth-order valence-electron chi connectivity index (χ4n) is 1.88. The summed E-state index contributed by atoms with van der Waals surface area (Å²) in [6, 6.07) is 5.38. The van der Waals surface area contributed by atoms with E-state index in [-0.39, 0.29) is 5.97 Å². The Labute approximate surface area is 125 Å². The number of rotatable bonds is 4. The van der Waals surface area contributed by atoms with Crippen LogP contribution in [0.1, 0.15) is 21.6 Å². The first kappa shape index (κ1) is 14.6. The molecule has 0 saturated carbocycles. The molecule has 5 nitrogen and oxygen atoms in total. The molecule has 1 heterocycles. The van der Waals surface area contributed by atoms with Gasteiger partial charge in [0.25, 0.3) is 0 Å². The molecule has 0 aliphatic heterocycles. The van der Waals surface area contributed by atoms with Crippen molar-refractivity contribution in [1.29, 1.82) is 0 Å². The van der Waals surface area contributed by atoms with Crippen LogP contribution in [0.25, 0.3) is 0 Å². The Morgan fingerprint density at radius 1 is 1.50 bits per heavy atom. The van der Waals surface area contributed by atoms with E-state index in [1.165, 1.54) is 0 Å². The van der Waals surface area contributed by atoms with E-state index in [0.29, 0.717) is 24.3 Å². The monoisotopic (exact) mass is 337 g/mol.